The number of carbonyl (C=O) groups is 3. The summed E-state index contributed by atoms with van der Waals surface area (Å²) in [6.45, 7) is 0.502. The summed E-state index contributed by atoms with van der Waals surface area (Å²) in [4.78, 5) is 37.0. The van der Waals surface area contributed by atoms with Gasteiger partial charge in [0.1, 0.15) is 5.83 Å². The molecule has 0 saturated heterocycles. The Balaban J connectivity index is 1.59. The molecule has 0 amide bonds. The Hall–Kier alpha value is -2.07. The van der Waals surface area contributed by atoms with E-state index in [0.717, 1.165) is 4.91 Å². The van der Waals surface area contributed by atoms with E-state index in [4.69, 9.17) is 14.6 Å². The molecule has 0 aliphatic heterocycles. The average Bonchev–Trinajstić information content (AvgIpc) is 3.28. The highest BCUT2D eigenvalue weighted by Gasteiger charge is 2.67. The van der Waals surface area contributed by atoms with Gasteiger partial charge in [-0.05, 0) is 48.5 Å². The number of thioether (sulfide) groups is 1. The molecule has 0 spiro atoms. The molecule has 2 saturated carbocycles. The molecule has 166 valence electrons. The van der Waals surface area contributed by atoms with Crippen LogP contribution >= 0.6 is 11.8 Å². The Morgan fingerprint density at radius 1 is 1.10 bits per heavy atom. The van der Waals surface area contributed by atoms with E-state index in [1.54, 1.807) is 24.8 Å². The number of halogens is 1. The lowest BCUT2D eigenvalue weighted by Crippen LogP contribution is -2.30. The van der Waals surface area contributed by atoms with Gasteiger partial charge in [0.15, 0.2) is 6.79 Å². The van der Waals surface area contributed by atoms with Crippen molar-refractivity contribution in [2.75, 3.05) is 25.9 Å². The zero-order valence-electron chi connectivity index (χ0n) is 16.6. The summed E-state index contributed by atoms with van der Waals surface area (Å²) in [5, 5.41) is 8.83. The summed E-state index contributed by atoms with van der Waals surface area (Å²) in [6.07, 6.45) is 3.93. The Morgan fingerprint density at radius 2 is 1.87 bits per heavy atom. The van der Waals surface area contributed by atoms with Gasteiger partial charge < -0.3 is 24.1 Å². The summed E-state index contributed by atoms with van der Waals surface area (Å²) in [6, 6.07) is 0. The first-order valence-electron chi connectivity index (χ1n) is 9.88. The molecule has 8 nitrogen and oxygen atoms in total. The third-order valence-electron chi connectivity index (χ3n) is 5.66. The summed E-state index contributed by atoms with van der Waals surface area (Å²) in [5.74, 6) is -1.80. The molecule has 3 aliphatic rings. The number of hydrogen-bond acceptors (Lipinski definition) is 9. The van der Waals surface area contributed by atoms with Crippen LogP contribution < -0.4 is 0 Å². The van der Waals surface area contributed by atoms with E-state index in [2.05, 4.69) is 9.47 Å². The van der Waals surface area contributed by atoms with Crippen LogP contribution in [0.2, 0.25) is 0 Å². The number of fused-ring (bicyclic) bond motifs is 1. The van der Waals surface area contributed by atoms with Crippen LogP contribution in [0.15, 0.2) is 22.9 Å². The fraction of sp³-hybridized carbons (Fsp3) is 0.650. The summed E-state index contributed by atoms with van der Waals surface area (Å²) < 4.78 is 32.3. The van der Waals surface area contributed by atoms with Crippen LogP contribution in [0.5, 0.6) is 0 Å². The van der Waals surface area contributed by atoms with Crippen molar-refractivity contribution in [1.82, 2.24) is 0 Å². The monoisotopic (exact) mass is 444 g/mol. The number of esters is 2. The Kier molecular flexibility index (Phi) is 7.76. The van der Waals surface area contributed by atoms with E-state index in [-0.39, 0.29) is 30.2 Å². The quantitative estimate of drug-likeness (QED) is 0.326. The molecule has 5 atom stereocenters. The van der Waals surface area contributed by atoms with Gasteiger partial charge in [-0.2, -0.15) is 0 Å². The van der Waals surface area contributed by atoms with Crippen LogP contribution in [0.3, 0.4) is 0 Å². The topological polar surface area (TPSA) is 108 Å². The lowest BCUT2D eigenvalue weighted by atomic mass is 9.90. The second-order valence-electron chi connectivity index (χ2n) is 7.35. The van der Waals surface area contributed by atoms with Gasteiger partial charge in [-0.25, -0.2) is 9.18 Å². The maximum absolute atomic E-state index is 13.2. The molecular weight excluding hydrogens is 419 g/mol. The SMILES string of the molecule is CCOC(=O)OCOC(=O)C1C(CSC2=CC=C(F)CC2)CC2C(C(=O)OCO)C21. The van der Waals surface area contributed by atoms with Crippen LogP contribution in [0, 0.1) is 29.6 Å². The van der Waals surface area contributed by atoms with E-state index < -0.39 is 43.5 Å². The van der Waals surface area contributed by atoms with Gasteiger partial charge in [0.25, 0.3) is 0 Å². The first-order chi connectivity index (χ1) is 14.5. The molecule has 0 aromatic heterocycles. The molecule has 30 heavy (non-hydrogen) atoms. The zero-order valence-corrected chi connectivity index (χ0v) is 17.4. The number of aliphatic hydroxyl groups is 1. The Labute approximate surface area is 177 Å². The highest BCUT2D eigenvalue weighted by molar-refractivity contribution is 8.03. The van der Waals surface area contributed by atoms with Gasteiger partial charge >= 0.3 is 18.1 Å². The van der Waals surface area contributed by atoms with Gasteiger partial charge in [-0.3, -0.25) is 9.59 Å². The minimum atomic E-state index is -0.929. The number of allylic oxidation sites excluding steroid dienone is 4. The van der Waals surface area contributed by atoms with Crippen molar-refractivity contribution in [3.8, 4) is 0 Å². The van der Waals surface area contributed by atoms with E-state index >= 15 is 0 Å². The highest BCUT2D eigenvalue weighted by atomic mass is 32.2. The Bertz CT molecular complexity index is 736. The standard InChI is InChI=1S/C20H25FO8S/c1-2-26-20(25)29-10-28-18(23)15-11(8-30-13-5-3-12(21)4-6-13)7-14-16(15)17(14)19(24)27-9-22/h3,5,11,14-17,22H,2,4,6-10H2,1H3. The van der Waals surface area contributed by atoms with Gasteiger partial charge in [0.2, 0.25) is 6.79 Å². The molecule has 2 fully saturated rings. The molecule has 5 unspecified atom stereocenters. The summed E-state index contributed by atoms with van der Waals surface area (Å²) >= 11 is 1.58. The van der Waals surface area contributed by atoms with E-state index in [0.29, 0.717) is 25.0 Å². The molecule has 0 aromatic carbocycles. The molecule has 0 radical (unpaired) electrons. The number of rotatable bonds is 9. The van der Waals surface area contributed by atoms with Crippen molar-refractivity contribution in [3.63, 3.8) is 0 Å². The minimum Gasteiger partial charge on any atom is -0.438 e. The van der Waals surface area contributed by atoms with Crippen LogP contribution in [0.4, 0.5) is 9.18 Å². The molecule has 0 bridgehead atoms. The van der Waals surface area contributed by atoms with Crippen molar-refractivity contribution in [2.45, 2.75) is 26.2 Å². The predicted molar refractivity (Wildman–Crippen MR) is 103 cm³/mol. The molecule has 0 aromatic rings. The van der Waals surface area contributed by atoms with Gasteiger partial charge in [-0.15, -0.1) is 11.8 Å². The molecule has 10 heteroatoms. The molecule has 0 heterocycles. The number of aliphatic hydroxyl groups excluding tert-OH is 1. The maximum atomic E-state index is 13.2. The van der Waals surface area contributed by atoms with Crippen LogP contribution in [-0.4, -0.2) is 49.1 Å². The highest BCUT2D eigenvalue weighted by Crippen LogP contribution is 2.64. The number of carbonyl (C=O) groups excluding carboxylic acids is 3. The van der Waals surface area contributed by atoms with E-state index in [1.165, 1.54) is 6.08 Å². The normalized spacial score (nSPS) is 29.2. The van der Waals surface area contributed by atoms with Gasteiger partial charge in [0.05, 0.1) is 18.4 Å². The minimum absolute atomic E-state index is 0.00384. The summed E-state index contributed by atoms with van der Waals surface area (Å²) in [7, 11) is 0. The second kappa shape index (κ2) is 10.3. The molecular formula is C20H25FO8S. The lowest BCUT2D eigenvalue weighted by molar-refractivity contribution is -0.161. The molecule has 3 aliphatic carbocycles. The fourth-order valence-corrected chi connectivity index (χ4v) is 5.52. The van der Waals surface area contributed by atoms with E-state index in [1.807, 2.05) is 0 Å². The third-order valence-corrected chi connectivity index (χ3v) is 6.97. The smallest absolute Gasteiger partial charge is 0.438 e. The van der Waals surface area contributed by atoms with Gasteiger partial charge in [-0.1, -0.05) is 6.08 Å². The van der Waals surface area contributed by atoms with Crippen LogP contribution in [0.1, 0.15) is 26.2 Å². The first-order valence-corrected chi connectivity index (χ1v) is 10.9. The fourth-order valence-electron chi connectivity index (χ4n) is 4.34. The number of ether oxygens (including phenoxy) is 4. The Morgan fingerprint density at radius 3 is 2.53 bits per heavy atom. The average molecular weight is 444 g/mol. The van der Waals surface area contributed by atoms with Crippen molar-refractivity contribution in [3.05, 3.63) is 22.9 Å². The molecule has 1 N–H and O–H groups in total. The summed E-state index contributed by atoms with van der Waals surface area (Å²) in [5.41, 5.74) is 0. The van der Waals surface area contributed by atoms with Crippen molar-refractivity contribution in [2.24, 2.45) is 29.6 Å². The lowest BCUT2D eigenvalue weighted by Gasteiger charge is -2.23. The predicted octanol–water partition coefficient (Wildman–Crippen LogP) is 2.92. The third kappa shape index (κ3) is 5.34. The zero-order chi connectivity index (χ0) is 21.7. The maximum Gasteiger partial charge on any atom is 0.511 e. The molecule has 3 rings (SSSR count). The largest absolute Gasteiger partial charge is 0.511 e. The van der Waals surface area contributed by atoms with Crippen molar-refractivity contribution < 1.29 is 42.8 Å². The first kappa shape index (κ1) is 22.6. The second-order valence-corrected chi connectivity index (χ2v) is 8.49. The van der Waals surface area contributed by atoms with Crippen LogP contribution in [0.25, 0.3) is 0 Å². The van der Waals surface area contributed by atoms with Crippen molar-refractivity contribution >= 4 is 29.9 Å². The number of hydrogen-bond donors (Lipinski definition) is 1. The van der Waals surface area contributed by atoms with Gasteiger partial charge in [0, 0.05) is 12.2 Å². The van der Waals surface area contributed by atoms with Crippen LogP contribution in [-0.2, 0) is 28.5 Å². The van der Waals surface area contributed by atoms with Crippen molar-refractivity contribution in [1.29, 1.82) is 0 Å². The van der Waals surface area contributed by atoms with E-state index in [9.17, 15) is 18.8 Å².